The molecular weight excluding hydrogens is 252 g/mol. The van der Waals surface area contributed by atoms with Gasteiger partial charge in [-0.15, -0.1) is 0 Å². The fourth-order valence-corrected chi connectivity index (χ4v) is 1.63. The molecule has 0 fully saturated rings. The normalized spacial score (nSPS) is 9.35. The Morgan fingerprint density at radius 3 is 2.65 bits per heavy atom. The maximum Gasteiger partial charge on any atom is 0.224 e. The third-order valence-corrected chi connectivity index (χ3v) is 2.52. The number of benzene rings is 1. The second kappa shape index (κ2) is 6.17. The Balaban J connectivity index is 2.24. The third-order valence-electron chi connectivity index (χ3n) is 2.52. The molecule has 2 rings (SSSR count). The van der Waals surface area contributed by atoms with Gasteiger partial charge in [-0.05, 0) is 31.2 Å². The summed E-state index contributed by atoms with van der Waals surface area (Å²) >= 11 is 0. The van der Waals surface area contributed by atoms with Gasteiger partial charge in [0.1, 0.15) is 18.0 Å². The summed E-state index contributed by atoms with van der Waals surface area (Å²) in [4.78, 5) is 8.35. The highest BCUT2D eigenvalue weighted by Crippen LogP contribution is 2.18. The number of aromatic nitrogens is 2. The standard InChI is InChI=1S/C14H12N6/c1-2-17-14-18-6-5-13(20-14)19-12-4-3-10(8-15)11(7-12)9-16/h3-7H,2H2,1H3,(H2,17,18,19,20). The van der Waals surface area contributed by atoms with Gasteiger partial charge in [0.05, 0.1) is 11.1 Å². The van der Waals surface area contributed by atoms with Crippen LogP contribution in [0, 0.1) is 22.7 Å². The van der Waals surface area contributed by atoms with Gasteiger partial charge in [0, 0.05) is 18.4 Å². The van der Waals surface area contributed by atoms with Gasteiger partial charge < -0.3 is 10.6 Å². The lowest BCUT2D eigenvalue weighted by Crippen LogP contribution is -2.03. The fourth-order valence-electron chi connectivity index (χ4n) is 1.63. The lowest BCUT2D eigenvalue weighted by molar-refractivity contribution is 1.09. The van der Waals surface area contributed by atoms with Gasteiger partial charge in [0.2, 0.25) is 5.95 Å². The van der Waals surface area contributed by atoms with Crippen LogP contribution < -0.4 is 10.6 Å². The maximum absolute atomic E-state index is 8.99. The maximum atomic E-state index is 8.99. The highest BCUT2D eigenvalue weighted by molar-refractivity contribution is 5.62. The van der Waals surface area contributed by atoms with Crippen LogP contribution in [0.5, 0.6) is 0 Å². The SMILES string of the molecule is CCNc1nccc(Nc2ccc(C#N)c(C#N)c2)n1. The quantitative estimate of drug-likeness (QED) is 0.879. The average molecular weight is 264 g/mol. The number of anilines is 3. The van der Waals surface area contributed by atoms with Crippen molar-refractivity contribution >= 4 is 17.5 Å². The fraction of sp³-hybridized carbons (Fsp3) is 0.143. The van der Waals surface area contributed by atoms with E-state index in [1.165, 1.54) is 0 Å². The Labute approximate surface area is 116 Å². The van der Waals surface area contributed by atoms with E-state index in [1.807, 2.05) is 19.1 Å². The van der Waals surface area contributed by atoms with Gasteiger partial charge >= 0.3 is 0 Å². The first-order chi connectivity index (χ1) is 9.76. The van der Waals surface area contributed by atoms with Crippen molar-refractivity contribution in [1.29, 1.82) is 10.5 Å². The van der Waals surface area contributed by atoms with Gasteiger partial charge in [-0.25, -0.2) is 4.98 Å². The van der Waals surface area contributed by atoms with Crippen LogP contribution in [0.25, 0.3) is 0 Å². The zero-order valence-corrected chi connectivity index (χ0v) is 10.9. The van der Waals surface area contributed by atoms with Gasteiger partial charge in [-0.2, -0.15) is 15.5 Å². The molecule has 0 radical (unpaired) electrons. The van der Waals surface area contributed by atoms with Crippen molar-refractivity contribution in [2.45, 2.75) is 6.92 Å². The highest BCUT2D eigenvalue weighted by Gasteiger charge is 2.04. The van der Waals surface area contributed by atoms with Gasteiger partial charge in [-0.1, -0.05) is 0 Å². The summed E-state index contributed by atoms with van der Waals surface area (Å²) in [7, 11) is 0. The highest BCUT2D eigenvalue weighted by atomic mass is 15.1. The minimum Gasteiger partial charge on any atom is -0.354 e. The van der Waals surface area contributed by atoms with E-state index in [1.54, 1.807) is 30.5 Å². The Morgan fingerprint density at radius 1 is 1.15 bits per heavy atom. The van der Waals surface area contributed by atoms with Crippen molar-refractivity contribution in [2.75, 3.05) is 17.2 Å². The van der Waals surface area contributed by atoms with Crippen LogP contribution in [-0.4, -0.2) is 16.5 Å². The molecule has 1 aromatic carbocycles. The van der Waals surface area contributed by atoms with E-state index < -0.39 is 0 Å². The van der Waals surface area contributed by atoms with Crippen LogP contribution in [0.1, 0.15) is 18.1 Å². The predicted octanol–water partition coefficient (Wildman–Crippen LogP) is 2.40. The van der Waals surface area contributed by atoms with Crippen molar-refractivity contribution in [3.8, 4) is 12.1 Å². The zero-order valence-electron chi connectivity index (χ0n) is 10.9. The van der Waals surface area contributed by atoms with E-state index in [0.717, 1.165) is 6.54 Å². The third kappa shape index (κ3) is 3.01. The summed E-state index contributed by atoms with van der Waals surface area (Å²) in [5.41, 5.74) is 1.38. The molecule has 1 aromatic heterocycles. The minimum absolute atomic E-state index is 0.332. The molecule has 2 aromatic rings. The molecule has 0 aliphatic heterocycles. The molecule has 2 N–H and O–H groups in total. The first-order valence-electron chi connectivity index (χ1n) is 6.05. The summed E-state index contributed by atoms with van der Waals surface area (Å²) in [6, 6.07) is 10.7. The van der Waals surface area contributed by atoms with Crippen molar-refractivity contribution < 1.29 is 0 Å². The Hall–Kier alpha value is -3.12. The average Bonchev–Trinajstić information content (AvgIpc) is 2.48. The summed E-state index contributed by atoms with van der Waals surface area (Å²) < 4.78 is 0. The monoisotopic (exact) mass is 264 g/mol. The van der Waals surface area contributed by atoms with Crippen LogP contribution in [-0.2, 0) is 0 Å². The van der Waals surface area contributed by atoms with Gasteiger partial charge in [0.25, 0.3) is 0 Å². The number of hydrogen-bond acceptors (Lipinski definition) is 6. The first-order valence-corrected chi connectivity index (χ1v) is 6.05. The molecule has 0 aliphatic carbocycles. The number of nitrogens with one attached hydrogen (secondary N) is 2. The van der Waals surface area contributed by atoms with Crippen LogP contribution in [0.15, 0.2) is 30.5 Å². The van der Waals surface area contributed by atoms with Crippen LogP contribution in [0.4, 0.5) is 17.5 Å². The summed E-state index contributed by atoms with van der Waals surface area (Å²) in [5.74, 6) is 1.15. The largest absolute Gasteiger partial charge is 0.354 e. The topological polar surface area (TPSA) is 97.4 Å². The number of nitrogens with zero attached hydrogens (tertiary/aromatic N) is 4. The molecule has 0 saturated heterocycles. The molecular formula is C14H12N6. The Kier molecular flexibility index (Phi) is 4.10. The summed E-state index contributed by atoms with van der Waals surface area (Å²) in [6.07, 6.45) is 1.64. The summed E-state index contributed by atoms with van der Waals surface area (Å²) in [5, 5.41) is 24.0. The smallest absolute Gasteiger partial charge is 0.224 e. The number of rotatable bonds is 4. The molecule has 98 valence electrons. The Bertz CT molecular complexity index is 696. The first kappa shape index (κ1) is 13.3. The van der Waals surface area contributed by atoms with Gasteiger partial charge in [-0.3, -0.25) is 0 Å². The summed E-state index contributed by atoms with van der Waals surface area (Å²) in [6.45, 7) is 2.70. The van der Waals surface area contributed by atoms with Crippen molar-refractivity contribution in [2.24, 2.45) is 0 Å². The number of nitriles is 2. The molecule has 20 heavy (non-hydrogen) atoms. The molecule has 0 amide bonds. The lowest BCUT2D eigenvalue weighted by Gasteiger charge is -2.08. The molecule has 6 heteroatoms. The van der Waals surface area contributed by atoms with Crippen molar-refractivity contribution in [3.63, 3.8) is 0 Å². The molecule has 0 saturated carbocycles. The van der Waals surface area contributed by atoms with E-state index in [2.05, 4.69) is 20.6 Å². The van der Waals surface area contributed by atoms with Crippen LogP contribution in [0.3, 0.4) is 0 Å². The molecule has 0 spiro atoms. The second-order valence-electron chi connectivity index (χ2n) is 3.90. The molecule has 0 atom stereocenters. The minimum atomic E-state index is 0.332. The van der Waals surface area contributed by atoms with Gasteiger partial charge in [0.15, 0.2) is 0 Å². The molecule has 1 heterocycles. The van der Waals surface area contributed by atoms with Crippen molar-refractivity contribution in [1.82, 2.24) is 9.97 Å². The van der Waals surface area contributed by atoms with Crippen LogP contribution >= 0.6 is 0 Å². The molecule has 0 aliphatic rings. The zero-order chi connectivity index (χ0) is 14.4. The predicted molar refractivity (Wildman–Crippen MR) is 75.4 cm³/mol. The second-order valence-corrected chi connectivity index (χ2v) is 3.90. The molecule has 0 bridgehead atoms. The van der Waals surface area contributed by atoms with E-state index in [4.69, 9.17) is 10.5 Å². The molecule has 6 nitrogen and oxygen atoms in total. The number of hydrogen-bond donors (Lipinski definition) is 2. The Morgan fingerprint density at radius 2 is 1.95 bits per heavy atom. The molecule has 0 unspecified atom stereocenters. The van der Waals surface area contributed by atoms with Crippen LogP contribution in [0.2, 0.25) is 0 Å². The van der Waals surface area contributed by atoms with E-state index in [0.29, 0.717) is 28.6 Å². The lowest BCUT2D eigenvalue weighted by atomic mass is 10.1. The van der Waals surface area contributed by atoms with E-state index >= 15 is 0 Å². The van der Waals surface area contributed by atoms with Crippen molar-refractivity contribution in [3.05, 3.63) is 41.6 Å². The van der Waals surface area contributed by atoms with E-state index in [-0.39, 0.29) is 0 Å². The van der Waals surface area contributed by atoms with E-state index in [9.17, 15) is 0 Å².